The summed E-state index contributed by atoms with van der Waals surface area (Å²) in [6, 6.07) is 8.19. The predicted octanol–water partition coefficient (Wildman–Crippen LogP) is 2.09. The van der Waals surface area contributed by atoms with Crippen molar-refractivity contribution in [2.24, 2.45) is 0 Å². The first-order valence-electron chi connectivity index (χ1n) is 4.61. The Labute approximate surface area is 92.8 Å². The summed E-state index contributed by atoms with van der Waals surface area (Å²) in [6.07, 6.45) is 5.59. The molecule has 0 radical (unpaired) electrons. The van der Waals surface area contributed by atoms with E-state index in [9.17, 15) is 0 Å². The Morgan fingerprint density at radius 3 is 3.00 bits per heavy atom. The van der Waals surface area contributed by atoms with Gasteiger partial charge in [-0.15, -0.1) is 11.8 Å². The Kier molecular flexibility index (Phi) is 3.08. The molecule has 3 nitrogen and oxygen atoms in total. The van der Waals surface area contributed by atoms with Crippen molar-refractivity contribution >= 4 is 11.8 Å². The van der Waals surface area contributed by atoms with Gasteiger partial charge in [0.15, 0.2) is 0 Å². The Balaban J connectivity index is 2.35. The van der Waals surface area contributed by atoms with Crippen LogP contribution in [0.4, 0.5) is 0 Å². The molecule has 0 aliphatic rings. The average molecular weight is 220 g/mol. The second kappa shape index (κ2) is 4.51. The molecule has 4 heteroatoms. The monoisotopic (exact) mass is 220 g/mol. The van der Waals surface area contributed by atoms with E-state index in [1.807, 2.05) is 29.2 Å². The van der Waals surface area contributed by atoms with Gasteiger partial charge in [0.2, 0.25) is 0 Å². The zero-order valence-corrected chi connectivity index (χ0v) is 9.24. The molecule has 1 N–H and O–H groups in total. The van der Waals surface area contributed by atoms with Gasteiger partial charge in [-0.3, -0.25) is 0 Å². The first-order chi connectivity index (χ1) is 7.33. The van der Waals surface area contributed by atoms with Gasteiger partial charge in [-0.2, -0.15) is 0 Å². The lowest BCUT2D eigenvalue weighted by Crippen LogP contribution is -1.89. The van der Waals surface area contributed by atoms with Crippen LogP contribution < -0.4 is 0 Å². The number of nitrogens with zero attached hydrogens (tertiary/aromatic N) is 2. The topological polar surface area (TPSA) is 38.0 Å². The van der Waals surface area contributed by atoms with Gasteiger partial charge in [0, 0.05) is 16.8 Å². The normalized spacial score (nSPS) is 10.5. The summed E-state index contributed by atoms with van der Waals surface area (Å²) in [6.45, 7) is -0.0186. The largest absolute Gasteiger partial charge is 0.390 e. The Morgan fingerprint density at radius 2 is 2.33 bits per heavy atom. The second-order valence-corrected chi connectivity index (χ2v) is 4.01. The zero-order valence-electron chi connectivity index (χ0n) is 8.42. The van der Waals surface area contributed by atoms with Gasteiger partial charge in [0.25, 0.3) is 0 Å². The highest BCUT2D eigenvalue weighted by molar-refractivity contribution is 7.98. The van der Waals surface area contributed by atoms with E-state index < -0.39 is 0 Å². The smallest absolute Gasteiger partial charge is 0.0996 e. The number of imidazole rings is 1. The second-order valence-electron chi connectivity index (χ2n) is 3.13. The molecule has 0 aliphatic carbocycles. The lowest BCUT2D eigenvalue weighted by atomic mass is 10.3. The zero-order chi connectivity index (χ0) is 10.7. The fourth-order valence-corrected chi connectivity index (χ4v) is 1.81. The molecule has 0 bridgehead atoms. The summed E-state index contributed by atoms with van der Waals surface area (Å²) in [7, 11) is 0. The van der Waals surface area contributed by atoms with Gasteiger partial charge in [-0.25, -0.2) is 4.98 Å². The summed E-state index contributed by atoms with van der Waals surface area (Å²) in [5, 5.41) is 8.92. The Hall–Kier alpha value is -1.26. The van der Waals surface area contributed by atoms with Crippen LogP contribution >= 0.6 is 11.8 Å². The van der Waals surface area contributed by atoms with Gasteiger partial charge in [-0.1, -0.05) is 6.07 Å². The third kappa shape index (κ3) is 2.22. The number of hydrogen-bond acceptors (Lipinski definition) is 3. The molecule has 1 heterocycles. The molecule has 15 heavy (non-hydrogen) atoms. The summed E-state index contributed by atoms with van der Waals surface area (Å²) >= 11 is 1.71. The molecule has 78 valence electrons. The van der Waals surface area contributed by atoms with Crippen LogP contribution in [0.5, 0.6) is 0 Å². The number of thioether (sulfide) groups is 1. The first kappa shape index (κ1) is 10.3. The highest BCUT2D eigenvalue weighted by Gasteiger charge is 2.00. The van der Waals surface area contributed by atoms with Crippen LogP contribution in [0, 0.1) is 0 Å². The third-order valence-electron chi connectivity index (χ3n) is 2.15. The van der Waals surface area contributed by atoms with Gasteiger partial charge in [0.1, 0.15) is 0 Å². The molecule has 0 amide bonds. The van der Waals surface area contributed by atoms with Crippen molar-refractivity contribution in [1.82, 2.24) is 9.55 Å². The molecule has 2 aromatic rings. The minimum atomic E-state index is -0.0186. The van der Waals surface area contributed by atoms with E-state index >= 15 is 0 Å². The molecule has 0 atom stereocenters. The van der Waals surface area contributed by atoms with Gasteiger partial charge >= 0.3 is 0 Å². The summed E-state index contributed by atoms with van der Waals surface area (Å²) in [4.78, 5) is 5.29. The quantitative estimate of drug-likeness (QED) is 0.805. The fraction of sp³-hybridized carbons (Fsp3) is 0.182. The van der Waals surface area contributed by atoms with E-state index in [0.29, 0.717) is 5.69 Å². The van der Waals surface area contributed by atoms with Crippen LogP contribution in [0.1, 0.15) is 5.69 Å². The molecule has 2 rings (SSSR count). The van der Waals surface area contributed by atoms with E-state index in [-0.39, 0.29) is 6.61 Å². The lowest BCUT2D eigenvalue weighted by Gasteiger charge is -2.03. The average Bonchev–Trinajstić information content (AvgIpc) is 2.78. The Bertz CT molecular complexity index is 453. The molecule has 0 unspecified atom stereocenters. The predicted molar refractivity (Wildman–Crippen MR) is 61.3 cm³/mol. The van der Waals surface area contributed by atoms with Crippen LogP contribution in [0.2, 0.25) is 0 Å². The Morgan fingerprint density at radius 1 is 1.47 bits per heavy atom. The fourth-order valence-electron chi connectivity index (χ4n) is 1.36. The van der Waals surface area contributed by atoms with Crippen LogP contribution in [0.3, 0.4) is 0 Å². The molecule has 0 saturated heterocycles. The van der Waals surface area contributed by atoms with Crippen molar-refractivity contribution < 1.29 is 5.11 Å². The number of aliphatic hydroxyl groups is 1. The van der Waals surface area contributed by atoms with Crippen LogP contribution in [-0.4, -0.2) is 20.9 Å². The van der Waals surface area contributed by atoms with Gasteiger partial charge in [-0.05, 0) is 24.5 Å². The van der Waals surface area contributed by atoms with E-state index in [4.69, 9.17) is 5.11 Å². The summed E-state index contributed by atoms with van der Waals surface area (Å²) in [5.41, 5.74) is 1.75. The molecule has 0 saturated carbocycles. The van der Waals surface area contributed by atoms with Crippen LogP contribution in [0.25, 0.3) is 5.69 Å². The van der Waals surface area contributed by atoms with Crippen molar-refractivity contribution in [3.8, 4) is 5.69 Å². The molecule has 1 aromatic heterocycles. The summed E-state index contributed by atoms with van der Waals surface area (Å²) < 4.78 is 1.91. The maximum absolute atomic E-state index is 8.92. The van der Waals surface area contributed by atoms with E-state index in [2.05, 4.69) is 17.1 Å². The van der Waals surface area contributed by atoms with E-state index in [1.54, 1.807) is 18.1 Å². The minimum Gasteiger partial charge on any atom is -0.390 e. The van der Waals surface area contributed by atoms with Crippen molar-refractivity contribution in [2.75, 3.05) is 6.26 Å². The van der Waals surface area contributed by atoms with Crippen LogP contribution in [-0.2, 0) is 6.61 Å². The van der Waals surface area contributed by atoms with Gasteiger partial charge < -0.3 is 9.67 Å². The van der Waals surface area contributed by atoms with E-state index in [0.717, 1.165) is 5.69 Å². The highest BCUT2D eigenvalue weighted by Crippen LogP contribution is 2.18. The summed E-state index contributed by atoms with van der Waals surface area (Å²) in [5.74, 6) is 0. The SMILES string of the molecule is CSc1cccc(-n2cnc(CO)c2)c1. The lowest BCUT2D eigenvalue weighted by molar-refractivity contribution is 0.277. The van der Waals surface area contributed by atoms with E-state index in [1.165, 1.54) is 4.90 Å². The molecule has 0 fully saturated rings. The molecule has 0 spiro atoms. The van der Waals surface area contributed by atoms with Crippen LogP contribution in [0.15, 0.2) is 41.7 Å². The minimum absolute atomic E-state index is 0.0186. The molecular formula is C11H12N2OS. The standard InChI is InChI=1S/C11H12N2OS/c1-15-11-4-2-3-10(5-11)13-6-9(7-14)12-8-13/h2-6,8,14H,7H2,1H3. The highest BCUT2D eigenvalue weighted by atomic mass is 32.2. The number of aliphatic hydroxyl groups excluding tert-OH is 1. The third-order valence-corrected chi connectivity index (χ3v) is 2.87. The number of hydrogen-bond donors (Lipinski definition) is 1. The van der Waals surface area contributed by atoms with Crippen molar-refractivity contribution in [2.45, 2.75) is 11.5 Å². The van der Waals surface area contributed by atoms with Crippen molar-refractivity contribution in [3.05, 3.63) is 42.5 Å². The maximum Gasteiger partial charge on any atom is 0.0996 e. The number of aromatic nitrogens is 2. The first-order valence-corrected chi connectivity index (χ1v) is 5.84. The maximum atomic E-state index is 8.92. The molecule has 0 aliphatic heterocycles. The number of rotatable bonds is 3. The van der Waals surface area contributed by atoms with Crippen molar-refractivity contribution in [1.29, 1.82) is 0 Å². The number of benzene rings is 1. The van der Waals surface area contributed by atoms with Crippen molar-refractivity contribution in [3.63, 3.8) is 0 Å². The molecule has 1 aromatic carbocycles. The van der Waals surface area contributed by atoms with Gasteiger partial charge in [0.05, 0.1) is 18.6 Å². The molecular weight excluding hydrogens is 208 g/mol.